The van der Waals surface area contributed by atoms with E-state index in [-0.39, 0.29) is 23.9 Å². The molecule has 2 atom stereocenters. The number of aryl methyl sites for hydroxylation is 1. The number of nitrogens with one attached hydrogen (secondary N) is 2. The van der Waals surface area contributed by atoms with Gasteiger partial charge in [-0.3, -0.25) is 9.59 Å². The predicted octanol–water partition coefficient (Wildman–Crippen LogP) is 4.54. The zero-order valence-electron chi connectivity index (χ0n) is 22.0. The van der Waals surface area contributed by atoms with Crippen LogP contribution in [0.3, 0.4) is 0 Å². The fourth-order valence-corrected chi connectivity index (χ4v) is 3.60. The molecule has 0 radical (unpaired) electrons. The summed E-state index contributed by atoms with van der Waals surface area (Å²) in [6.45, 7) is 10.2. The van der Waals surface area contributed by atoms with E-state index in [0.717, 1.165) is 0 Å². The highest BCUT2D eigenvalue weighted by Crippen LogP contribution is 2.34. The van der Waals surface area contributed by atoms with Crippen LogP contribution in [-0.4, -0.2) is 53.2 Å². The number of carbonyl (C=O) groups excluding carboxylic acids is 3. The number of carbonyl (C=O) groups is 3. The summed E-state index contributed by atoms with van der Waals surface area (Å²) in [4.78, 5) is 40.7. The van der Waals surface area contributed by atoms with Gasteiger partial charge < -0.3 is 30.1 Å². The molecular formula is C27H37N3O6. The van der Waals surface area contributed by atoms with Gasteiger partial charge in [0.15, 0.2) is 0 Å². The molecule has 2 aromatic rings. The second-order valence-electron chi connectivity index (χ2n) is 9.55. The summed E-state index contributed by atoms with van der Waals surface area (Å²) in [6.07, 6.45) is -0.200. The van der Waals surface area contributed by atoms with Gasteiger partial charge in [-0.05, 0) is 70.9 Å². The fourth-order valence-electron chi connectivity index (χ4n) is 3.60. The summed E-state index contributed by atoms with van der Waals surface area (Å²) >= 11 is 0. The number of phenolic OH excluding ortho intramolecular Hbond substituents is 1. The molecule has 9 nitrogen and oxygen atoms in total. The molecule has 0 saturated carbocycles. The second kappa shape index (κ2) is 12.3. The number of phenols is 1. The third-order valence-corrected chi connectivity index (χ3v) is 5.58. The Morgan fingerprint density at radius 2 is 1.72 bits per heavy atom. The molecule has 0 saturated heterocycles. The summed E-state index contributed by atoms with van der Waals surface area (Å²) in [5, 5.41) is 16.2. The van der Waals surface area contributed by atoms with Crippen LogP contribution in [0.4, 0.5) is 10.5 Å². The molecule has 2 rings (SSSR count). The molecule has 0 spiro atoms. The van der Waals surface area contributed by atoms with E-state index < -0.39 is 29.6 Å². The van der Waals surface area contributed by atoms with Gasteiger partial charge in [-0.25, -0.2) is 4.79 Å². The van der Waals surface area contributed by atoms with Crippen LogP contribution in [0.25, 0.3) is 0 Å². The number of rotatable bonds is 9. The number of aromatic hydroxyl groups is 1. The predicted molar refractivity (Wildman–Crippen MR) is 138 cm³/mol. The first-order chi connectivity index (χ1) is 16.9. The fraction of sp³-hybridized carbons (Fsp3) is 0.444. The number of para-hydroxylation sites is 1. The van der Waals surface area contributed by atoms with Gasteiger partial charge in [0, 0.05) is 17.3 Å². The molecule has 0 aliphatic rings. The van der Waals surface area contributed by atoms with Crippen molar-refractivity contribution in [3.8, 4) is 11.5 Å². The number of hydrogen-bond donors (Lipinski definition) is 3. The Kier molecular flexibility index (Phi) is 9.72. The van der Waals surface area contributed by atoms with Crippen LogP contribution in [0.1, 0.15) is 58.2 Å². The van der Waals surface area contributed by atoms with Crippen molar-refractivity contribution in [2.45, 2.75) is 65.6 Å². The largest absolute Gasteiger partial charge is 0.507 e. The van der Waals surface area contributed by atoms with Crippen molar-refractivity contribution in [2.24, 2.45) is 0 Å². The van der Waals surface area contributed by atoms with Gasteiger partial charge in [0.05, 0.1) is 7.11 Å². The van der Waals surface area contributed by atoms with Gasteiger partial charge in [0.2, 0.25) is 5.91 Å². The number of benzene rings is 2. The van der Waals surface area contributed by atoms with Crippen molar-refractivity contribution in [1.29, 1.82) is 0 Å². The molecular weight excluding hydrogens is 462 g/mol. The number of ether oxygens (including phenoxy) is 2. The second-order valence-corrected chi connectivity index (χ2v) is 9.55. The molecule has 9 heteroatoms. The Morgan fingerprint density at radius 3 is 2.28 bits per heavy atom. The van der Waals surface area contributed by atoms with Crippen LogP contribution in [0.2, 0.25) is 0 Å². The maximum atomic E-state index is 13.7. The number of alkyl carbamates (subject to hydrolysis) is 1. The highest BCUT2D eigenvalue weighted by molar-refractivity contribution is 5.99. The molecule has 0 aliphatic heterocycles. The van der Waals surface area contributed by atoms with Gasteiger partial charge in [-0.1, -0.05) is 25.1 Å². The topological polar surface area (TPSA) is 117 Å². The van der Waals surface area contributed by atoms with Crippen molar-refractivity contribution in [3.63, 3.8) is 0 Å². The molecule has 2 aromatic carbocycles. The molecule has 3 N–H and O–H groups in total. The average Bonchev–Trinajstić information content (AvgIpc) is 2.82. The van der Waals surface area contributed by atoms with Crippen molar-refractivity contribution in [3.05, 3.63) is 53.6 Å². The summed E-state index contributed by atoms with van der Waals surface area (Å²) in [5.74, 6) is -0.447. The highest BCUT2D eigenvalue weighted by atomic mass is 16.6. The first kappa shape index (κ1) is 28.5. The lowest BCUT2D eigenvalue weighted by molar-refractivity contribution is -0.140. The summed E-state index contributed by atoms with van der Waals surface area (Å²) < 4.78 is 10.4. The summed E-state index contributed by atoms with van der Waals surface area (Å²) in [5.41, 5.74) is 0.629. The average molecular weight is 500 g/mol. The lowest BCUT2D eigenvalue weighted by Crippen LogP contribution is -2.50. The Morgan fingerprint density at radius 1 is 1.08 bits per heavy atom. The minimum Gasteiger partial charge on any atom is -0.507 e. The lowest BCUT2D eigenvalue weighted by Gasteiger charge is -2.36. The third-order valence-electron chi connectivity index (χ3n) is 5.58. The van der Waals surface area contributed by atoms with Crippen LogP contribution < -0.4 is 15.4 Å². The van der Waals surface area contributed by atoms with Crippen molar-refractivity contribution >= 4 is 23.6 Å². The van der Waals surface area contributed by atoms with Gasteiger partial charge >= 0.3 is 6.09 Å². The Balaban J connectivity index is 2.44. The molecule has 36 heavy (non-hydrogen) atoms. The van der Waals surface area contributed by atoms with E-state index in [0.29, 0.717) is 23.4 Å². The zero-order chi connectivity index (χ0) is 27.0. The summed E-state index contributed by atoms with van der Waals surface area (Å²) in [7, 11) is 1.55. The van der Waals surface area contributed by atoms with Gasteiger partial charge in [-0.2, -0.15) is 0 Å². The number of methoxy groups -OCH3 is 1. The zero-order valence-corrected chi connectivity index (χ0v) is 22.0. The molecule has 0 aromatic heterocycles. The highest BCUT2D eigenvalue weighted by Gasteiger charge is 2.36. The van der Waals surface area contributed by atoms with E-state index in [4.69, 9.17) is 9.47 Å². The maximum absolute atomic E-state index is 13.7. The van der Waals surface area contributed by atoms with E-state index in [2.05, 4.69) is 10.6 Å². The van der Waals surface area contributed by atoms with E-state index >= 15 is 0 Å². The Labute approximate surface area is 212 Å². The van der Waals surface area contributed by atoms with Crippen LogP contribution in [0.5, 0.6) is 11.5 Å². The van der Waals surface area contributed by atoms with E-state index in [9.17, 15) is 19.5 Å². The summed E-state index contributed by atoms with van der Waals surface area (Å²) in [6, 6.07) is 10.3. The lowest BCUT2D eigenvalue weighted by atomic mass is 9.98. The van der Waals surface area contributed by atoms with Crippen LogP contribution in [0, 0.1) is 6.92 Å². The van der Waals surface area contributed by atoms with Crippen LogP contribution >= 0.6 is 0 Å². The Hall–Kier alpha value is -3.75. The molecule has 3 amide bonds. The Bertz CT molecular complexity index is 1060. The molecule has 0 fully saturated rings. The van der Waals surface area contributed by atoms with Crippen LogP contribution in [0.15, 0.2) is 42.5 Å². The minimum atomic E-state index is -1.16. The van der Waals surface area contributed by atoms with Crippen molar-refractivity contribution in [1.82, 2.24) is 10.2 Å². The first-order valence-electron chi connectivity index (χ1n) is 11.9. The van der Waals surface area contributed by atoms with Crippen molar-refractivity contribution < 1.29 is 29.0 Å². The quantitative estimate of drug-likeness (QED) is 0.466. The van der Waals surface area contributed by atoms with Gasteiger partial charge in [0.25, 0.3) is 5.91 Å². The molecule has 2 unspecified atom stereocenters. The van der Waals surface area contributed by atoms with Crippen LogP contribution in [-0.2, 0) is 14.3 Å². The maximum Gasteiger partial charge on any atom is 0.408 e. The number of nitrogens with zero attached hydrogens (tertiary/aromatic N) is 1. The van der Waals surface area contributed by atoms with E-state index in [1.165, 1.54) is 4.90 Å². The standard InChI is InChI=1S/C27H37N3O6/c1-8-18(3)30(22(31)16-28-26(34)36-27(4,5)6)23(21-11-9-10-17(2)24(21)32)25(33)29-19-12-14-20(35-7)15-13-19/h9-15,18,23,32H,8,16H2,1-7H3,(H,28,34)(H,29,33). The van der Waals surface area contributed by atoms with E-state index in [1.807, 2.05) is 13.8 Å². The monoisotopic (exact) mass is 499 g/mol. The van der Waals surface area contributed by atoms with Gasteiger partial charge in [0.1, 0.15) is 29.7 Å². The van der Waals surface area contributed by atoms with E-state index in [1.54, 1.807) is 77.3 Å². The number of anilines is 1. The SMILES string of the molecule is CCC(C)N(C(=O)CNC(=O)OC(C)(C)C)C(C(=O)Nc1ccc(OC)cc1)c1cccc(C)c1O. The molecule has 0 bridgehead atoms. The number of hydrogen-bond acceptors (Lipinski definition) is 6. The molecule has 0 aliphatic carbocycles. The first-order valence-corrected chi connectivity index (χ1v) is 11.9. The smallest absolute Gasteiger partial charge is 0.408 e. The molecule has 196 valence electrons. The number of amides is 3. The molecule has 0 heterocycles. The van der Waals surface area contributed by atoms with Gasteiger partial charge in [-0.15, -0.1) is 0 Å². The minimum absolute atomic E-state index is 0.0754. The third kappa shape index (κ3) is 7.63. The normalized spacial score (nSPS) is 12.8. The van der Waals surface area contributed by atoms with Crippen molar-refractivity contribution in [2.75, 3.05) is 19.0 Å².